The van der Waals surface area contributed by atoms with Crippen LogP contribution >= 0.6 is 0 Å². The minimum Gasteiger partial charge on any atom is -0.457 e. The lowest BCUT2D eigenvalue weighted by Crippen LogP contribution is -2.29. The van der Waals surface area contributed by atoms with Crippen molar-refractivity contribution in [3.8, 4) is 11.5 Å². The highest BCUT2D eigenvalue weighted by molar-refractivity contribution is 5.89. The van der Waals surface area contributed by atoms with Crippen molar-refractivity contribution in [1.29, 1.82) is 0 Å². The standard InChI is InChI=1S/C22H17NO4/c23-21(24)20(14-8-2-1-3-9-14)27-22(25)19-15-10-4-6-12-17(15)26-18-13-7-5-11-16(18)19/h1-13,19-20H,(H2,23,24). The van der Waals surface area contributed by atoms with Crippen LogP contribution in [0.4, 0.5) is 0 Å². The van der Waals surface area contributed by atoms with Gasteiger partial charge in [-0.25, -0.2) is 0 Å². The van der Waals surface area contributed by atoms with Crippen LogP contribution in [0.15, 0.2) is 78.9 Å². The van der Waals surface area contributed by atoms with Gasteiger partial charge >= 0.3 is 5.97 Å². The van der Waals surface area contributed by atoms with Crippen molar-refractivity contribution in [1.82, 2.24) is 0 Å². The van der Waals surface area contributed by atoms with Crippen molar-refractivity contribution < 1.29 is 19.1 Å². The SMILES string of the molecule is NC(=O)C(OC(=O)C1c2ccccc2Oc2ccccc21)c1ccccc1. The molecule has 0 aromatic heterocycles. The normalized spacial score (nSPS) is 13.6. The Kier molecular flexibility index (Phi) is 4.34. The van der Waals surface area contributed by atoms with E-state index in [0.29, 0.717) is 28.2 Å². The van der Waals surface area contributed by atoms with E-state index in [1.165, 1.54) is 0 Å². The first kappa shape index (κ1) is 16.8. The number of hydrogen-bond donors (Lipinski definition) is 1. The second kappa shape index (κ2) is 6.96. The number of carbonyl (C=O) groups is 2. The molecule has 0 fully saturated rings. The fraction of sp³-hybridized carbons (Fsp3) is 0.0909. The molecule has 0 bridgehead atoms. The predicted molar refractivity (Wildman–Crippen MR) is 99.3 cm³/mol. The zero-order valence-electron chi connectivity index (χ0n) is 14.4. The number of esters is 1. The Balaban J connectivity index is 1.72. The van der Waals surface area contributed by atoms with Crippen molar-refractivity contribution in [3.05, 3.63) is 95.6 Å². The summed E-state index contributed by atoms with van der Waals surface area (Å²) >= 11 is 0. The van der Waals surface area contributed by atoms with Gasteiger partial charge in [-0.3, -0.25) is 9.59 Å². The molecule has 134 valence electrons. The third kappa shape index (κ3) is 3.15. The molecule has 3 aromatic rings. The molecule has 1 aliphatic heterocycles. The minimum absolute atomic E-state index is 0.534. The maximum atomic E-state index is 13.1. The summed E-state index contributed by atoms with van der Waals surface area (Å²) in [6.45, 7) is 0. The maximum absolute atomic E-state index is 13.1. The lowest BCUT2D eigenvalue weighted by Gasteiger charge is -2.28. The van der Waals surface area contributed by atoms with Crippen LogP contribution in [0.25, 0.3) is 0 Å². The molecule has 5 nitrogen and oxygen atoms in total. The maximum Gasteiger partial charge on any atom is 0.319 e. The van der Waals surface area contributed by atoms with Crippen LogP contribution in [0.2, 0.25) is 0 Å². The molecule has 1 unspecified atom stereocenters. The zero-order chi connectivity index (χ0) is 18.8. The van der Waals surface area contributed by atoms with Crippen LogP contribution in [0, 0.1) is 0 Å². The number of primary amides is 1. The molecule has 1 heterocycles. The highest BCUT2D eigenvalue weighted by atomic mass is 16.5. The Morgan fingerprint density at radius 3 is 1.89 bits per heavy atom. The number of nitrogens with two attached hydrogens (primary N) is 1. The van der Waals surface area contributed by atoms with Gasteiger partial charge in [-0.1, -0.05) is 66.7 Å². The Morgan fingerprint density at radius 1 is 0.815 bits per heavy atom. The lowest BCUT2D eigenvalue weighted by atomic mass is 9.88. The fourth-order valence-corrected chi connectivity index (χ4v) is 3.27. The molecule has 0 aliphatic carbocycles. The monoisotopic (exact) mass is 359 g/mol. The van der Waals surface area contributed by atoms with Crippen LogP contribution in [0.1, 0.15) is 28.7 Å². The third-order valence-electron chi connectivity index (χ3n) is 4.51. The first-order chi connectivity index (χ1) is 13.1. The molecule has 2 N–H and O–H groups in total. The van der Waals surface area contributed by atoms with Gasteiger partial charge in [0, 0.05) is 16.7 Å². The highest BCUT2D eigenvalue weighted by Gasteiger charge is 2.36. The molecular formula is C22H17NO4. The van der Waals surface area contributed by atoms with Crippen LogP contribution in [-0.2, 0) is 14.3 Å². The van der Waals surface area contributed by atoms with E-state index in [1.807, 2.05) is 42.5 Å². The molecule has 0 saturated carbocycles. The smallest absolute Gasteiger partial charge is 0.319 e. The average Bonchev–Trinajstić information content (AvgIpc) is 2.70. The molecule has 1 amide bonds. The number of carbonyl (C=O) groups excluding carboxylic acids is 2. The summed E-state index contributed by atoms with van der Waals surface area (Å²) in [5, 5.41) is 0. The molecular weight excluding hydrogens is 342 g/mol. The van der Waals surface area contributed by atoms with E-state index in [1.54, 1.807) is 36.4 Å². The summed E-state index contributed by atoms with van der Waals surface area (Å²) in [5.74, 6) is -0.785. The second-order valence-electron chi connectivity index (χ2n) is 6.24. The van der Waals surface area contributed by atoms with Gasteiger partial charge in [0.05, 0.1) is 0 Å². The van der Waals surface area contributed by atoms with Crippen LogP contribution < -0.4 is 10.5 Å². The number of rotatable bonds is 4. The molecule has 3 aromatic carbocycles. The van der Waals surface area contributed by atoms with Crippen LogP contribution in [0.5, 0.6) is 11.5 Å². The van der Waals surface area contributed by atoms with Gasteiger partial charge in [0.15, 0.2) is 0 Å². The Morgan fingerprint density at radius 2 is 1.33 bits per heavy atom. The van der Waals surface area contributed by atoms with E-state index in [2.05, 4.69) is 0 Å². The zero-order valence-corrected chi connectivity index (χ0v) is 14.4. The minimum atomic E-state index is -1.15. The number of hydrogen-bond acceptors (Lipinski definition) is 4. The molecule has 4 rings (SSSR count). The summed E-state index contributed by atoms with van der Waals surface area (Å²) in [6.07, 6.45) is -1.15. The Hall–Kier alpha value is -3.60. The van der Waals surface area contributed by atoms with Gasteiger partial charge in [0.1, 0.15) is 17.4 Å². The van der Waals surface area contributed by atoms with E-state index in [0.717, 1.165) is 0 Å². The first-order valence-electron chi connectivity index (χ1n) is 8.55. The van der Waals surface area contributed by atoms with E-state index < -0.39 is 23.9 Å². The van der Waals surface area contributed by atoms with Crippen molar-refractivity contribution in [2.24, 2.45) is 5.73 Å². The molecule has 5 heteroatoms. The van der Waals surface area contributed by atoms with Gasteiger partial charge in [0.2, 0.25) is 6.10 Å². The number of para-hydroxylation sites is 2. The summed E-state index contributed by atoms with van der Waals surface area (Å²) in [5.41, 5.74) is 7.41. The van der Waals surface area contributed by atoms with Gasteiger partial charge < -0.3 is 15.2 Å². The third-order valence-corrected chi connectivity index (χ3v) is 4.51. The van der Waals surface area contributed by atoms with Crippen LogP contribution in [-0.4, -0.2) is 11.9 Å². The topological polar surface area (TPSA) is 78.6 Å². The van der Waals surface area contributed by atoms with Gasteiger partial charge in [-0.15, -0.1) is 0 Å². The number of fused-ring (bicyclic) bond motifs is 2. The number of ether oxygens (including phenoxy) is 2. The first-order valence-corrected chi connectivity index (χ1v) is 8.55. The highest BCUT2D eigenvalue weighted by Crippen LogP contribution is 2.44. The predicted octanol–water partition coefficient (Wildman–Crippen LogP) is 3.69. The van der Waals surface area contributed by atoms with E-state index in [9.17, 15) is 9.59 Å². The summed E-state index contributed by atoms with van der Waals surface area (Å²) in [7, 11) is 0. The van der Waals surface area contributed by atoms with E-state index >= 15 is 0 Å². The molecule has 0 spiro atoms. The molecule has 1 atom stereocenters. The number of benzene rings is 3. The van der Waals surface area contributed by atoms with Crippen molar-refractivity contribution in [2.45, 2.75) is 12.0 Å². The summed E-state index contributed by atoms with van der Waals surface area (Å²) < 4.78 is 11.5. The average molecular weight is 359 g/mol. The fourth-order valence-electron chi connectivity index (χ4n) is 3.27. The quantitative estimate of drug-likeness (QED) is 0.721. The van der Waals surface area contributed by atoms with Crippen LogP contribution in [0.3, 0.4) is 0 Å². The lowest BCUT2D eigenvalue weighted by molar-refractivity contribution is -0.156. The molecule has 0 radical (unpaired) electrons. The summed E-state index contributed by atoms with van der Waals surface area (Å²) in [6, 6.07) is 23.3. The van der Waals surface area contributed by atoms with Crippen molar-refractivity contribution in [2.75, 3.05) is 0 Å². The van der Waals surface area contributed by atoms with Gasteiger partial charge in [-0.2, -0.15) is 0 Å². The molecule has 27 heavy (non-hydrogen) atoms. The van der Waals surface area contributed by atoms with Gasteiger partial charge in [0.25, 0.3) is 5.91 Å². The Bertz CT molecular complexity index is 954. The molecule has 0 saturated heterocycles. The number of amides is 1. The Labute approximate surface area is 156 Å². The molecule has 1 aliphatic rings. The van der Waals surface area contributed by atoms with E-state index in [4.69, 9.17) is 15.2 Å². The largest absolute Gasteiger partial charge is 0.457 e. The van der Waals surface area contributed by atoms with Crippen molar-refractivity contribution >= 4 is 11.9 Å². The van der Waals surface area contributed by atoms with Crippen molar-refractivity contribution in [3.63, 3.8) is 0 Å². The second-order valence-corrected chi connectivity index (χ2v) is 6.24. The van der Waals surface area contributed by atoms with Gasteiger partial charge in [-0.05, 0) is 12.1 Å². The van der Waals surface area contributed by atoms with E-state index in [-0.39, 0.29) is 0 Å². The summed E-state index contributed by atoms with van der Waals surface area (Å²) in [4.78, 5) is 25.1.